The fraction of sp³-hybridized carbons (Fsp3) is 0.160. The zero-order chi connectivity index (χ0) is 23.9. The second kappa shape index (κ2) is 11.1. The van der Waals surface area contributed by atoms with E-state index in [2.05, 4.69) is 20.8 Å². The molecule has 0 radical (unpaired) electrons. The SMILES string of the molecule is COc1ccccc1NCc1nnc(SCC(=O)Nc2cccc(Cl)c2C)n1-c1ccccc1. The Morgan fingerprint density at radius 3 is 2.53 bits per heavy atom. The highest BCUT2D eigenvalue weighted by Crippen LogP contribution is 2.27. The number of halogens is 1. The number of thioether (sulfide) groups is 1. The van der Waals surface area contributed by atoms with Gasteiger partial charge in [-0.2, -0.15) is 0 Å². The summed E-state index contributed by atoms with van der Waals surface area (Å²) < 4.78 is 7.37. The first-order valence-corrected chi connectivity index (χ1v) is 12.0. The first kappa shape index (κ1) is 23.7. The van der Waals surface area contributed by atoms with Gasteiger partial charge in [-0.3, -0.25) is 9.36 Å². The standard InChI is InChI=1S/C25H24ClN5O2S/c1-17-19(26)11-8-13-20(17)28-24(32)16-34-25-30-29-23(31(25)18-9-4-3-5-10-18)15-27-21-12-6-7-14-22(21)33-2/h3-14,27H,15-16H2,1-2H3,(H,28,32). The summed E-state index contributed by atoms with van der Waals surface area (Å²) in [6.45, 7) is 2.30. The van der Waals surface area contributed by atoms with Crippen LogP contribution in [-0.2, 0) is 11.3 Å². The van der Waals surface area contributed by atoms with Gasteiger partial charge in [0.2, 0.25) is 5.91 Å². The number of carbonyl (C=O) groups excluding carboxylic acids is 1. The first-order valence-electron chi connectivity index (χ1n) is 10.6. The van der Waals surface area contributed by atoms with Gasteiger partial charge in [-0.15, -0.1) is 10.2 Å². The molecule has 0 saturated heterocycles. The number of ether oxygens (including phenoxy) is 1. The molecule has 0 bridgehead atoms. The van der Waals surface area contributed by atoms with Gasteiger partial charge in [-0.25, -0.2) is 0 Å². The molecule has 0 aliphatic rings. The van der Waals surface area contributed by atoms with Crippen LogP contribution in [0, 0.1) is 6.92 Å². The van der Waals surface area contributed by atoms with Crippen LogP contribution in [0.15, 0.2) is 78.0 Å². The molecular weight excluding hydrogens is 470 g/mol. The summed E-state index contributed by atoms with van der Waals surface area (Å²) in [6.07, 6.45) is 0. The predicted molar refractivity (Wildman–Crippen MR) is 137 cm³/mol. The highest BCUT2D eigenvalue weighted by atomic mass is 35.5. The molecule has 1 amide bonds. The van der Waals surface area contributed by atoms with Gasteiger partial charge < -0.3 is 15.4 Å². The highest BCUT2D eigenvalue weighted by molar-refractivity contribution is 7.99. The molecule has 4 aromatic rings. The third-order valence-corrected chi connectivity index (χ3v) is 6.47. The molecule has 34 heavy (non-hydrogen) atoms. The fourth-order valence-corrected chi connectivity index (χ4v) is 4.31. The van der Waals surface area contributed by atoms with Crippen LogP contribution in [0.4, 0.5) is 11.4 Å². The molecule has 0 aliphatic carbocycles. The summed E-state index contributed by atoms with van der Waals surface area (Å²) in [5.74, 6) is 1.49. The number of carbonyl (C=O) groups is 1. The largest absolute Gasteiger partial charge is 0.495 e. The molecule has 174 valence electrons. The smallest absolute Gasteiger partial charge is 0.234 e. The lowest BCUT2D eigenvalue weighted by Gasteiger charge is -2.13. The zero-order valence-corrected chi connectivity index (χ0v) is 20.4. The molecule has 0 fully saturated rings. The summed E-state index contributed by atoms with van der Waals surface area (Å²) in [6, 6.07) is 23.0. The van der Waals surface area contributed by atoms with E-state index in [4.69, 9.17) is 16.3 Å². The monoisotopic (exact) mass is 493 g/mol. The number of nitrogens with one attached hydrogen (secondary N) is 2. The van der Waals surface area contributed by atoms with E-state index in [0.29, 0.717) is 28.2 Å². The van der Waals surface area contributed by atoms with Gasteiger partial charge in [0, 0.05) is 16.4 Å². The first-order chi connectivity index (χ1) is 16.6. The van der Waals surface area contributed by atoms with E-state index >= 15 is 0 Å². The van der Waals surface area contributed by atoms with Crippen molar-refractivity contribution >= 4 is 40.6 Å². The third-order valence-electron chi connectivity index (χ3n) is 5.13. The van der Waals surface area contributed by atoms with Crippen LogP contribution in [0.5, 0.6) is 5.75 Å². The highest BCUT2D eigenvalue weighted by Gasteiger charge is 2.17. The van der Waals surface area contributed by atoms with Gasteiger partial charge in [0.15, 0.2) is 11.0 Å². The maximum absolute atomic E-state index is 12.6. The topological polar surface area (TPSA) is 81.1 Å². The van der Waals surface area contributed by atoms with E-state index in [1.165, 1.54) is 11.8 Å². The minimum absolute atomic E-state index is 0.147. The molecule has 0 aliphatic heterocycles. The van der Waals surface area contributed by atoms with Crippen LogP contribution < -0.4 is 15.4 Å². The van der Waals surface area contributed by atoms with E-state index in [9.17, 15) is 4.79 Å². The van der Waals surface area contributed by atoms with Gasteiger partial charge in [0.1, 0.15) is 5.75 Å². The van der Waals surface area contributed by atoms with E-state index in [-0.39, 0.29) is 11.7 Å². The van der Waals surface area contributed by atoms with Gasteiger partial charge >= 0.3 is 0 Å². The maximum atomic E-state index is 12.6. The van der Waals surface area contributed by atoms with Crippen LogP contribution >= 0.6 is 23.4 Å². The number of aromatic nitrogens is 3. The number of hydrogen-bond donors (Lipinski definition) is 2. The number of rotatable bonds is 9. The summed E-state index contributed by atoms with van der Waals surface area (Å²) in [5, 5.41) is 16.3. The Hall–Kier alpha value is -3.49. The number of para-hydroxylation sites is 3. The molecule has 1 aromatic heterocycles. The predicted octanol–water partition coefficient (Wildman–Crippen LogP) is 5.58. The van der Waals surface area contributed by atoms with Gasteiger partial charge in [-0.1, -0.05) is 59.8 Å². The van der Waals surface area contributed by atoms with E-state index in [0.717, 1.165) is 22.7 Å². The van der Waals surface area contributed by atoms with Crippen molar-refractivity contribution < 1.29 is 9.53 Å². The Labute approximate surface area is 207 Å². The number of amides is 1. The molecule has 0 atom stereocenters. The van der Waals surface area contributed by atoms with Gasteiger partial charge in [0.05, 0.1) is 25.1 Å². The lowest BCUT2D eigenvalue weighted by atomic mass is 10.2. The van der Waals surface area contributed by atoms with Crippen LogP contribution in [0.1, 0.15) is 11.4 Å². The van der Waals surface area contributed by atoms with Crippen molar-refractivity contribution in [1.29, 1.82) is 0 Å². The van der Waals surface area contributed by atoms with Crippen molar-refractivity contribution in [3.05, 3.63) is 89.2 Å². The molecule has 0 spiro atoms. The quantitative estimate of drug-likeness (QED) is 0.296. The van der Waals surface area contributed by atoms with Crippen molar-refractivity contribution in [2.45, 2.75) is 18.6 Å². The maximum Gasteiger partial charge on any atom is 0.234 e. The van der Waals surface area contributed by atoms with Gasteiger partial charge in [0.25, 0.3) is 0 Å². The van der Waals surface area contributed by atoms with E-state index < -0.39 is 0 Å². The Bertz CT molecular complexity index is 1280. The number of nitrogens with zero attached hydrogens (tertiary/aromatic N) is 3. The van der Waals surface area contributed by atoms with E-state index in [1.807, 2.05) is 78.2 Å². The molecule has 0 saturated carbocycles. The van der Waals surface area contributed by atoms with Crippen molar-refractivity contribution in [1.82, 2.24) is 14.8 Å². The molecule has 9 heteroatoms. The number of hydrogen-bond acceptors (Lipinski definition) is 6. The second-order valence-electron chi connectivity index (χ2n) is 7.37. The van der Waals surface area contributed by atoms with Crippen molar-refractivity contribution in [2.24, 2.45) is 0 Å². The summed E-state index contributed by atoms with van der Waals surface area (Å²) in [4.78, 5) is 12.6. The average molecular weight is 494 g/mol. The van der Waals surface area contributed by atoms with Gasteiger partial charge in [-0.05, 0) is 48.9 Å². The van der Waals surface area contributed by atoms with Crippen molar-refractivity contribution in [3.63, 3.8) is 0 Å². The number of benzene rings is 3. The molecule has 1 heterocycles. The summed E-state index contributed by atoms with van der Waals surface area (Å²) >= 11 is 7.48. The Morgan fingerprint density at radius 1 is 1.00 bits per heavy atom. The lowest BCUT2D eigenvalue weighted by molar-refractivity contribution is -0.113. The molecule has 0 unspecified atom stereocenters. The lowest BCUT2D eigenvalue weighted by Crippen LogP contribution is -2.15. The average Bonchev–Trinajstić information content (AvgIpc) is 3.27. The Balaban J connectivity index is 1.51. The molecule has 2 N–H and O–H groups in total. The minimum Gasteiger partial charge on any atom is -0.495 e. The minimum atomic E-state index is -0.147. The van der Waals surface area contributed by atoms with Crippen molar-refractivity contribution in [3.8, 4) is 11.4 Å². The van der Waals surface area contributed by atoms with Crippen molar-refractivity contribution in [2.75, 3.05) is 23.5 Å². The van der Waals surface area contributed by atoms with Crippen LogP contribution in [0.2, 0.25) is 5.02 Å². The Morgan fingerprint density at radius 2 is 1.74 bits per heavy atom. The summed E-state index contributed by atoms with van der Waals surface area (Å²) in [7, 11) is 1.64. The second-order valence-corrected chi connectivity index (χ2v) is 8.72. The zero-order valence-electron chi connectivity index (χ0n) is 18.8. The number of anilines is 2. The molecule has 3 aromatic carbocycles. The Kier molecular flexibility index (Phi) is 7.72. The molecule has 4 rings (SSSR count). The third kappa shape index (κ3) is 5.52. The van der Waals surface area contributed by atoms with Crippen LogP contribution in [-0.4, -0.2) is 33.5 Å². The number of methoxy groups -OCH3 is 1. The van der Waals surface area contributed by atoms with Crippen LogP contribution in [0.3, 0.4) is 0 Å². The van der Waals surface area contributed by atoms with Crippen LogP contribution in [0.25, 0.3) is 5.69 Å². The molecular formula is C25H24ClN5O2S. The fourth-order valence-electron chi connectivity index (χ4n) is 3.37. The normalized spacial score (nSPS) is 10.7. The van der Waals surface area contributed by atoms with E-state index in [1.54, 1.807) is 13.2 Å². The summed E-state index contributed by atoms with van der Waals surface area (Å²) in [5.41, 5.74) is 3.31. The molecule has 7 nitrogen and oxygen atoms in total.